The van der Waals surface area contributed by atoms with Gasteiger partial charge in [0.05, 0.1) is 23.4 Å². The number of hydrogen-bond donors (Lipinski definition) is 2. The van der Waals surface area contributed by atoms with Gasteiger partial charge >= 0.3 is 0 Å². The van der Waals surface area contributed by atoms with Gasteiger partial charge in [-0.3, -0.25) is 9.52 Å². The molecule has 3 aromatic rings. The molecule has 11 heteroatoms. The van der Waals surface area contributed by atoms with Crippen LogP contribution in [-0.2, 0) is 21.4 Å². The smallest absolute Gasteiger partial charge is 0.265 e. The van der Waals surface area contributed by atoms with Crippen LogP contribution in [0.4, 0.5) is 14.5 Å². The maximum absolute atomic E-state index is 14.9. The molecular weight excluding hydrogens is 502 g/mol. The molecule has 6 bridgehead atoms. The third-order valence-corrected chi connectivity index (χ3v) is 7.75. The minimum absolute atomic E-state index is 0.0328. The predicted molar refractivity (Wildman–Crippen MR) is 125 cm³/mol. The normalized spacial score (nSPS) is 19.2. The van der Waals surface area contributed by atoms with E-state index in [1.54, 1.807) is 24.3 Å². The molecule has 2 aliphatic heterocycles. The summed E-state index contributed by atoms with van der Waals surface area (Å²) in [6.45, 7) is 0.732. The Kier molecular flexibility index (Phi) is 5.90. The number of carbonyl (C=O) groups is 1. The molecule has 0 spiro atoms. The van der Waals surface area contributed by atoms with Gasteiger partial charge in [0, 0.05) is 30.3 Å². The lowest BCUT2D eigenvalue weighted by atomic mass is 9.99. The van der Waals surface area contributed by atoms with Crippen LogP contribution in [-0.4, -0.2) is 43.5 Å². The van der Waals surface area contributed by atoms with Crippen LogP contribution in [0.2, 0.25) is 5.02 Å². The van der Waals surface area contributed by atoms with E-state index >= 15 is 0 Å². The molecule has 1 saturated heterocycles. The quantitative estimate of drug-likeness (QED) is 0.454. The molecule has 0 saturated carbocycles. The van der Waals surface area contributed by atoms with Crippen LogP contribution >= 0.6 is 11.6 Å². The Morgan fingerprint density at radius 1 is 1.09 bits per heavy atom. The van der Waals surface area contributed by atoms with Crippen molar-refractivity contribution in [1.82, 2.24) is 4.90 Å². The van der Waals surface area contributed by atoms with Gasteiger partial charge in [-0.2, -0.15) is 0 Å². The molecule has 35 heavy (non-hydrogen) atoms. The maximum Gasteiger partial charge on any atom is 0.265 e. The lowest BCUT2D eigenvalue weighted by Gasteiger charge is -2.20. The summed E-state index contributed by atoms with van der Waals surface area (Å²) in [7, 11) is -4.63. The van der Waals surface area contributed by atoms with E-state index in [9.17, 15) is 27.1 Å². The molecule has 1 atom stereocenters. The average Bonchev–Trinajstić information content (AvgIpc) is 3.29. The summed E-state index contributed by atoms with van der Waals surface area (Å²) in [5.74, 6) is -3.33. The minimum atomic E-state index is -4.63. The van der Waals surface area contributed by atoms with E-state index in [0.29, 0.717) is 30.2 Å². The van der Waals surface area contributed by atoms with Crippen molar-refractivity contribution in [3.8, 4) is 16.9 Å². The second-order valence-electron chi connectivity index (χ2n) is 8.35. The number of nitrogens with zero attached hydrogens (tertiary/aromatic N) is 1. The molecule has 1 unspecified atom stereocenters. The van der Waals surface area contributed by atoms with Crippen LogP contribution in [0, 0.1) is 11.6 Å². The van der Waals surface area contributed by atoms with Crippen molar-refractivity contribution < 1.29 is 31.8 Å². The summed E-state index contributed by atoms with van der Waals surface area (Å²) < 4.78 is 63.9. The summed E-state index contributed by atoms with van der Waals surface area (Å²) in [5, 5.41) is 10.0. The number of fused-ring (bicyclic) bond motifs is 8. The largest absolute Gasteiger partial charge is 0.505 e. The van der Waals surface area contributed by atoms with Crippen LogP contribution in [0.15, 0.2) is 53.4 Å². The second-order valence-corrected chi connectivity index (χ2v) is 10.4. The van der Waals surface area contributed by atoms with E-state index in [-0.39, 0.29) is 35.4 Å². The average molecular weight is 521 g/mol. The van der Waals surface area contributed by atoms with Gasteiger partial charge in [-0.05, 0) is 35.7 Å². The molecule has 2 N–H and O–H groups in total. The lowest BCUT2D eigenvalue weighted by molar-refractivity contribution is 0.0439. The Labute approximate surface area is 204 Å². The second kappa shape index (κ2) is 8.78. The highest BCUT2D eigenvalue weighted by Crippen LogP contribution is 2.37. The predicted octanol–water partition coefficient (Wildman–Crippen LogP) is 4.54. The lowest BCUT2D eigenvalue weighted by Crippen LogP contribution is -2.30. The minimum Gasteiger partial charge on any atom is -0.505 e. The number of anilines is 1. The summed E-state index contributed by atoms with van der Waals surface area (Å²) in [4.78, 5) is 13.9. The summed E-state index contributed by atoms with van der Waals surface area (Å²) in [5.41, 5.74) is 0.371. The number of rotatable bonds is 0. The molecule has 0 aromatic heterocycles. The first kappa shape index (κ1) is 23.5. The van der Waals surface area contributed by atoms with E-state index in [0.717, 1.165) is 12.1 Å². The highest BCUT2D eigenvalue weighted by atomic mass is 35.5. The Bertz CT molecular complexity index is 1460. The Morgan fingerprint density at radius 2 is 1.86 bits per heavy atom. The molecule has 1 amide bonds. The van der Waals surface area contributed by atoms with Crippen LogP contribution in [0.1, 0.15) is 22.3 Å². The number of ether oxygens (including phenoxy) is 1. The molecule has 5 rings (SSSR count). The van der Waals surface area contributed by atoms with Crippen molar-refractivity contribution in [2.24, 2.45) is 0 Å². The van der Waals surface area contributed by atoms with E-state index in [4.69, 9.17) is 16.3 Å². The number of hydrogen-bond acceptors (Lipinski definition) is 5. The van der Waals surface area contributed by atoms with Crippen LogP contribution in [0.5, 0.6) is 5.75 Å². The SMILES string of the molecule is O=C1c2cc(Cl)c(O)c(c2)S(=O)(=O)Nc2cc(c(F)cc2F)-c2ccccc2COC2CCN1C2. The summed E-state index contributed by atoms with van der Waals surface area (Å²) in [6, 6.07) is 10.5. The molecule has 2 heterocycles. The van der Waals surface area contributed by atoms with Crippen molar-refractivity contribution in [3.05, 3.63) is 76.3 Å². The standard InChI is InChI=1S/C24H19ClF2N2O5S/c25-18-7-14-8-22(23(18)30)35(32,33)28-21-9-17(19(26)10-20(21)27)16-4-2-1-3-13(16)12-34-15-5-6-29(11-15)24(14)31/h1-4,7-10,15,28,30H,5-6,11-12H2. The van der Waals surface area contributed by atoms with Gasteiger partial charge in [0.2, 0.25) is 0 Å². The first-order chi connectivity index (χ1) is 16.6. The van der Waals surface area contributed by atoms with Crippen molar-refractivity contribution in [3.63, 3.8) is 0 Å². The number of phenols is 1. The van der Waals surface area contributed by atoms with E-state index in [2.05, 4.69) is 0 Å². The van der Waals surface area contributed by atoms with Gasteiger partial charge in [-0.15, -0.1) is 0 Å². The molecule has 2 aliphatic rings. The van der Waals surface area contributed by atoms with Gasteiger partial charge in [0.25, 0.3) is 15.9 Å². The third kappa shape index (κ3) is 4.33. The van der Waals surface area contributed by atoms with Crippen LogP contribution in [0.3, 0.4) is 0 Å². The number of amides is 1. The van der Waals surface area contributed by atoms with E-state index in [1.165, 1.54) is 11.0 Å². The first-order valence-corrected chi connectivity index (χ1v) is 12.5. The van der Waals surface area contributed by atoms with Gasteiger partial charge in [-0.1, -0.05) is 35.9 Å². The van der Waals surface area contributed by atoms with Gasteiger partial charge in [0.1, 0.15) is 16.5 Å². The molecular formula is C24H19ClF2N2O5S. The Balaban J connectivity index is 1.71. The highest BCUT2D eigenvalue weighted by molar-refractivity contribution is 7.92. The van der Waals surface area contributed by atoms with E-state index < -0.39 is 43.9 Å². The molecule has 1 fully saturated rings. The Hall–Kier alpha value is -3.21. The van der Waals surface area contributed by atoms with Gasteiger partial charge < -0.3 is 14.7 Å². The number of carbonyl (C=O) groups excluding carboxylic acids is 1. The molecule has 0 aliphatic carbocycles. The maximum atomic E-state index is 14.9. The topological polar surface area (TPSA) is 95.9 Å². The monoisotopic (exact) mass is 520 g/mol. The van der Waals surface area contributed by atoms with Gasteiger partial charge in [-0.25, -0.2) is 17.2 Å². The van der Waals surface area contributed by atoms with Crippen molar-refractivity contribution in [2.45, 2.75) is 24.0 Å². The number of nitrogens with one attached hydrogen (secondary N) is 1. The number of halogens is 3. The molecule has 0 radical (unpaired) electrons. The highest BCUT2D eigenvalue weighted by Gasteiger charge is 2.31. The van der Waals surface area contributed by atoms with Crippen LogP contribution < -0.4 is 4.72 Å². The number of phenolic OH excluding ortho intramolecular Hbond substituents is 1. The zero-order valence-electron chi connectivity index (χ0n) is 18.1. The number of benzene rings is 3. The van der Waals surface area contributed by atoms with Crippen molar-refractivity contribution >= 4 is 33.2 Å². The number of sulfonamides is 1. The van der Waals surface area contributed by atoms with E-state index in [1.807, 2.05) is 4.72 Å². The molecule has 7 nitrogen and oxygen atoms in total. The fourth-order valence-electron chi connectivity index (χ4n) is 4.28. The first-order valence-electron chi connectivity index (χ1n) is 10.7. The number of aromatic hydroxyl groups is 1. The summed E-state index contributed by atoms with van der Waals surface area (Å²) in [6.07, 6.45) is 0.243. The van der Waals surface area contributed by atoms with Crippen molar-refractivity contribution in [1.29, 1.82) is 0 Å². The fraction of sp³-hybridized carbons (Fsp3) is 0.208. The molecule has 182 valence electrons. The van der Waals surface area contributed by atoms with Crippen LogP contribution in [0.25, 0.3) is 11.1 Å². The Morgan fingerprint density at radius 3 is 2.66 bits per heavy atom. The third-order valence-electron chi connectivity index (χ3n) is 6.08. The fourth-order valence-corrected chi connectivity index (χ4v) is 5.76. The van der Waals surface area contributed by atoms with Gasteiger partial charge in [0.15, 0.2) is 5.75 Å². The zero-order valence-corrected chi connectivity index (χ0v) is 19.7. The summed E-state index contributed by atoms with van der Waals surface area (Å²) >= 11 is 6.04. The molecule has 3 aromatic carbocycles. The van der Waals surface area contributed by atoms with Crippen molar-refractivity contribution in [2.75, 3.05) is 17.8 Å². The zero-order chi connectivity index (χ0) is 24.9.